The maximum Gasteiger partial charge on any atom is 0.262 e. The predicted octanol–water partition coefficient (Wildman–Crippen LogP) is 0.269. The zero-order valence-electron chi connectivity index (χ0n) is 10.2. The Labute approximate surface area is 107 Å². The molecule has 1 aliphatic rings. The normalized spacial score (nSPS) is 21.8. The molecule has 0 saturated carbocycles. The van der Waals surface area contributed by atoms with E-state index in [1.807, 2.05) is 0 Å². The number of nitrogens with one attached hydrogen (secondary N) is 1. The minimum atomic E-state index is -3.64. The minimum Gasteiger partial charge on any atom is -0.392 e. The highest BCUT2D eigenvalue weighted by molar-refractivity contribution is 7.89. The van der Waals surface area contributed by atoms with E-state index in [9.17, 15) is 13.5 Å². The van der Waals surface area contributed by atoms with E-state index in [0.29, 0.717) is 25.1 Å². The molecule has 0 amide bonds. The van der Waals surface area contributed by atoms with E-state index in [4.69, 9.17) is 0 Å². The van der Waals surface area contributed by atoms with Crippen molar-refractivity contribution >= 4 is 15.7 Å². The SMILES string of the molecule is CNc1cccnc1S(=O)(=O)N1CCCC(O)C1. The van der Waals surface area contributed by atoms with E-state index in [0.717, 1.165) is 0 Å². The molecule has 1 fully saturated rings. The first kappa shape index (κ1) is 13.3. The first-order valence-electron chi connectivity index (χ1n) is 5.86. The number of piperidine rings is 1. The van der Waals surface area contributed by atoms with Crippen LogP contribution in [0, 0.1) is 0 Å². The van der Waals surface area contributed by atoms with Gasteiger partial charge in [0.15, 0.2) is 5.03 Å². The smallest absolute Gasteiger partial charge is 0.262 e. The molecule has 1 atom stereocenters. The average molecular weight is 271 g/mol. The highest BCUT2D eigenvalue weighted by Gasteiger charge is 2.31. The second kappa shape index (κ2) is 5.21. The van der Waals surface area contributed by atoms with Gasteiger partial charge in [0.05, 0.1) is 11.8 Å². The van der Waals surface area contributed by atoms with E-state index >= 15 is 0 Å². The van der Waals surface area contributed by atoms with Crippen LogP contribution in [-0.4, -0.2) is 49.1 Å². The van der Waals surface area contributed by atoms with Crippen LogP contribution in [0.1, 0.15) is 12.8 Å². The van der Waals surface area contributed by atoms with Crippen LogP contribution < -0.4 is 5.32 Å². The molecular formula is C11H17N3O3S. The molecule has 0 spiro atoms. The number of rotatable bonds is 3. The fourth-order valence-corrected chi connectivity index (χ4v) is 3.67. The summed E-state index contributed by atoms with van der Waals surface area (Å²) in [4.78, 5) is 3.95. The van der Waals surface area contributed by atoms with Crippen LogP contribution in [0.3, 0.4) is 0 Å². The van der Waals surface area contributed by atoms with Crippen molar-refractivity contribution in [1.82, 2.24) is 9.29 Å². The maximum atomic E-state index is 12.4. The Morgan fingerprint density at radius 2 is 2.33 bits per heavy atom. The van der Waals surface area contributed by atoms with Crippen LogP contribution >= 0.6 is 0 Å². The molecule has 6 nitrogen and oxygen atoms in total. The number of aliphatic hydroxyl groups is 1. The van der Waals surface area contributed by atoms with Crippen LogP contribution in [0.5, 0.6) is 0 Å². The van der Waals surface area contributed by atoms with Gasteiger partial charge in [-0.15, -0.1) is 0 Å². The number of aromatic nitrogens is 1. The van der Waals surface area contributed by atoms with Crippen LogP contribution in [0.25, 0.3) is 0 Å². The number of pyridine rings is 1. The van der Waals surface area contributed by atoms with Gasteiger partial charge in [0, 0.05) is 26.3 Å². The lowest BCUT2D eigenvalue weighted by molar-refractivity contribution is 0.108. The molecule has 0 bridgehead atoms. The Hall–Kier alpha value is -1.18. The van der Waals surface area contributed by atoms with Crippen molar-refractivity contribution in [3.05, 3.63) is 18.3 Å². The summed E-state index contributed by atoms with van der Waals surface area (Å²) in [6.07, 6.45) is 2.18. The van der Waals surface area contributed by atoms with Gasteiger partial charge in [-0.1, -0.05) is 0 Å². The van der Waals surface area contributed by atoms with Gasteiger partial charge in [-0.2, -0.15) is 4.31 Å². The summed E-state index contributed by atoms with van der Waals surface area (Å²) in [5.41, 5.74) is 0.470. The highest BCUT2D eigenvalue weighted by Crippen LogP contribution is 2.24. The number of β-amino-alcohol motifs (C(OH)–C–C–N with tert-alkyl or cyclic N) is 1. The standard InChI is InChI=1S/C11H17N3O3S/c1-12-10-5-2-6-13-11(10)18(16,17)14-7-3-4-9(15)8-14/h2,5-6,9,12,15H,3-4,7-8H2,1H3. The summed E-state index contributed by atoms with van der Waals surface area (Å²) in [5, 5.41) is 12.4. The first-order valence-corrected chi connectivity index (χ1v) is 7.30. The molecule has 0 aliphatic carbocycles. The number of hydrogen-bond donors (Lipinski definition) is 2. The lowest BCUT2D eigenvalue weighted by atomic mass is 10.1. The Morgan fingerprint density at radius 1 is 1.56 bits per heavy atom. The molecule has 1 aliphatic heterocycles. The van der Waals surface area contributed by atoms with E-state index in [1.165, 1.54) is 10.5 Å². The van der Waals surface area contributed by atoms with Gasteiger partial charge < -0.3 is 10.4 Å². The quantitative estimate of drug-likeness (QED) is 0.824. The molecule has 1 unspecified atom stereocenters. The molecule has 1 aromatic rings. The van der Waals surface area contributed by atoms with Gasteiger partial charge in [-0.3, -0.25) is 0 Å². The third-order valence-electron chi connectivity index (χ3n) is 2.98. The van der Waals surface area contributed by atoms with Gasteiger partial charge in [0.1, 0.15) is 0 Å². The number of aliphatic hydroxyl groups excluding tert-OH is 1. The Morgan fingerprint density at radius 3 is 3.00 bits per heavy atom. The van der Waals surface area contributed by atoms with Gasteiger partial charge >= 0.3 is 0 Å². The average Bonchev–Trinajstić information content (AvgIpc) is 2.38. The largest absolute Gasteiger partial charge is 0.392 e. The lowest BCUT2D eigenvalue weighted by Crippen LogP contribution is -2.42. The molecule has 0 radical (unpaired) electrons. The number of nitrogens with zero attached hydrogens (tertiary/aromatic N) is 2. The summed E-state index contributed by atoms with van der Waals surface area (Å²) in [5.74, 6) is 0. The summed E-state index contributed by atoms with van der Waals surface area (Å²) in [7, 11) is -1.98. The topological polar surface area (TPSA) is 82.5 Å². The van der Waals surface area contributed by atoms with Crippen molar-refractivity contribution in [2.45, 2.75) is 24.0 Å². The highest BCUT2D eigenvalue weighted by atomic mass is 32.2. The van der Waals surface area contributed by atoms with E-state index in [2.05, 4.69) is 10.3 Å². The molecule has 18 heavy (non-hydrogen) atoms. The van der Waals surface area contributed by atoms with Gasteiger partial charge in [-0.05, 0) is 25.0 Å². The van der Waals surface area contributed by atoms with Crippen LogP contribution in [-0.2, 0) is 10.0 Å². The molecule has 0 aromatic carbocycles. The summed E-state index contributed by atoms with van der Waals surface area (Å²) in [6, 6.07) is 3.34. The third kappa shape index (κ3) is 2.47. The lowest BCUT2D eigenvalue weighted by Gasteiger charge is -2.29. The maximum absolute atomic E-state index is 12.4. The van der Waals surface area contributed by atoms with Crippen molar-refractivity contribution in [3.8, 4) is 0 Å². The number of hydrogen-bond acceptors (Lipinski definition) is 5. The molecule has 1 aromatic heterocycles. The third-order valence-corrected chi connectivity index (χ3v) is 4.81. The second-order valence-electron chi connectivity index (χ2n) is 4.27. The predicted molar refractivity (Wildman–Crippen MR) is 67.8 cm³/mol. The molecule has 7 heteroatoms. The van der Waals surface area contributed by atoms with E-state index in [1.54, 1.807) is 19.2 Å². The van der Waals surface area contributed by atoms with Crippen molar-refractivity contribution in [2.24, 2.45) is 0 Å². The molecular weight excluding hydrogens is 254 g/mol. The number of anilines is 1. The Kier molecular flexibility index (Phi) is 3.84. The molecule has 2 rings (SSSR count). The van der Waals surface area contributed by atoms with Gasteiger partial charge in [0.2, 0.25) is 0 Å². The molecule has 100 valence electrons. The Balaban J connectivity index is 2.35. The Bertz CT molecular complexity index is 518. The van der Waals surface area contributed by atoms with Crippen molar-refractivity contribution in [2.75, 3.05) is 25.5 Å². The summed E-state index contributed by atoms with van der Waals surface area (Å²) < 4.78 is 26.1. The van der Waals surface area contributed by atoms with Crippen LogP contribution in [0.2, 0.25) is 0 Å². The minimum absolute atomic E-state index is 0.0154. The van der Waals surface area contributed by atoms with E-state index < -0.39 is 16.1 Å². The van der Waals surface area contributed by atoms with Crippen molar-refractivity contribution in [1.29, 1.82) is 0 Å². The number of sulfonamides is 1. The zero-order valence-corrected chi connectivity index (χ0v) is 11.0. The molecule has 1 saturated heterocycles. The van der Waals surface area contributed by atoms with Gasteiger partial charge in [0.25, 0.3) is 10.0 Å². The second-order valence-corrected chi connectivity index (χ2v) is 6.12. The zero-order chi connectivity index (χ0) is 13.2. The first-order chi connectivity index (χ1) is 8.55. The molecule has 2 N–H and O–H groups in total. The fourth-order valence-electron chi connectivity index (χ4n) is 2.05. The van der Waals surface area contributed by atoms with Crippen molar-refractivity contribution < 1.29 is 13.5 Å². The monoisotopic (exact) mass is 271 g/mol. The van der Waals surface area contributed by atoms with Crippen LogP contribution in [0.4, 0.5) is 5.69 Å². The van der Waals surface area contributed by atoms with Crippen molar-refractivity contribution in [3.63, 3.8) is 0 Å². The summed E-state index contributed by atoms with van der Waals surface area (Å²) >= 11 is 0. The fraction of sp³-hybridized carbons (Fsp3) is 0.545. The van der Waals surface area contributed by atoms with E-state index in [-0.39, 0.29) is 11.6 Å². The van der Waals surface area contributed by atoms with Gasteiger partial charge in [-0.25, -0.2) is 13.4 Å². The summed E-state index contributed by atoms with van der Waals surface area (Å²) in [6.45, 7) is 0.571. The molecule has 2 heterocycles. The van der Waals surface area contributed by atoms with Crippen LogP contribution in [0.15, 0.2) is 23.4 Å².